The number of aromatic carboxylic acids is 1. The summed E-state index contributed by atoms with van der Waals surface area (Å²) in [4.78, 5) is 23.2. The van der Waals surface area contributed by atoms with Crippen LogP contribution in [0.3, 0.4) is 0 Å². The first-order chi connectivity index (χ1) is 10.1. The van der Waals surface area contributed by atoms with Gasteiger partial charge in [-0.1, -0.05) is 25.3 Å². The summed E-state index contributed by atoms with van der Waals surface area (Å²) >= 11 is 1.83. The van der Waals surface area contributed by atoms with Crippen LogP contribution < -0.4 is 5.32 Å². The molecule has 4 nitrogen and oxygen atoms in total. The minimum absolute atomic E-state index is 0.137. The van der Waals surface area contributed by atoms with Crippen LogP contribution in [-0.2, 0) is 0 Å². The van der Waals surface area contributed by atoms with E-state index in [1.165, 1.54) is 31.4 Å². The Kier molecular flexibility index (Phi) is 5.28. The molecule has 2 N–H and O–H groups in total. The number of nitrogens with one attached hydrogen (secondary N) is 1. The third-order valence-electron chi connectivity index (χ3n) is 4.14. The Balaban J connectivity index is 2.01. The first-order valence-corrected chi connectivity index (χ1v) is 8.45. The van der Waals surface area contributed by atoms with Crippen LogP contribution in [0, 0.1) is 0 Å². The van der Waals surface area contributed by atoms with Gasteiger partial charge in [-0.15, -0.1) is 0 Å². The summed E-state index contributed by atoms with van der Waals surface area (Å²) in [5.74, 6) is -1.21. The van der Waals surface area contributed by atoms with Crippen molar-refractivity contribution in [2.75, 3.05) is 12.8 Å². The van der Waals surface area contributed by atoms with E-state index in [0.29, 0.717) is 12.1 Å². The molecule has 0 aliphatic heterocycles. The molecule has 21 heavy (non-hydrogen) atoms. The van der Waals surface area contributed by atoms with Crippen molar-refractivity contribution in [1.82, 2.24) is 5.32 Å². The number of hydrogen-bond acceptors (Lipinski definition) is 3. The van der Waals surface area contributed by atoms with Gasteiger partial charge in [-0.3, -0.25) is 4.79 Å². The molecule has 0 spiro atoms. The standard InChI is InChI=1S/C16H21NO3S/c1-21-16(8-3-2-4-9-16)11-17-14(18)12-6-5-7-13(10-12)15(19)20/h5-7,10H,2-4,8-9,11H2,1H3,(H,17,18)(H,19,20). The topological polar surface area (TPSA) is 66.4 Å². The Morgan fingerprint density at radius 3 is 2.52 bits per heavy atom. The van der Waals surface area contributed by atoms with Gasteiger partial charge >= 0.3 is 5.97 Å². The average Bonchev–Trinajstić information content (AvgIpc) is 2.53. The molecule has 114 valence electrons. The first-order valence-electron chi connectivity index (χ1n) is 7.23. The maximum Gasteiger partial charge on any atom is 0.335 e. The number of carboxylic acid groups (broad SMARTS) is 1. The Morgan fingerprint density at radius 1 is 1.24 bits per heavy atom. The molecular weight excluding hydrogens is 286 g/mol. The number of hydrogen-bond donors (Lipinski definition) is 2. The summed E-state index contributed by atoms with van der Waals surface area (Å²) in [7, 11) is 0. The normalized spacial score (nSPS) is 17.2. The zero-order valence-corrected chi connectivity index (χ0v) is 13.0. The Labute approximate surface area is 129 Å². The lowest BCUT2D eigenvalue weighted by molar-refractivity contribution is 0.0697. The van der Waals surface area contributed by atoms with Crippen molar-refractivity contribution in [3.8, 4) is 0 Å². The van der Waals surface area contributed by atoms with E-state index in [1.807, 2.05) is 11.8 Å². The van der Waals surface area contributed by atoms with Gasteiger partial charge in [-0.05, 0) is 37.3 Å². The van der Waals surface area contributed by atoms with E-state index in [4.69, 9.17) is 5.11 Å². The van der Waals surface area contributed by atoms with E-state index in [0.717, 1.165) is 12.8 Å². The summed E-state index contributed by atoms with van der Waals surface area (Å²) < 4.78 is 0.137. The molecule has 1 aromatic rings. The lowest BCUT2D eigenvalue weighted by Gasteiger charge is -2.35. The monoisotopic (exact) mass is 307 g/mol. The average molecular weight is 307 g/mol. The van der Waals surface area contributed by atoms with Gasteiger partial charge in [0.05, 0.1) is 5.56 Å². The van der Waals surface area contributed by atoms with E-state index in [9.17, 15) is 9.59 Å². The van der Waals surface area contributed by atoms with Crippen LogP contribution in [-0.4, -0.2) is 34.5 Å². The van der Waals surface area contributed by atoms with E-state index in [-0.39, 0.29) is 16.2 Å². The summed E-state index contributed by atoms with van der Waals surface area (Å²) in [6, 6.07) is 6.16. The zero-order chi connectivity index (χ0) is 15.3. The predicted molar refractivity (Wildman–Crippen MR) is 85.1 cm³/mol. The third kappa shape index (κ3) is 4.00. The van der Waals surface area contributed by atoms with Gasteiger partial charge in [-0.2, -0.15) is 11.8 Å². The minimum Gasteiger partial charge on any atom is -0.478 e. The largest absolute Gasteiger partial charge is 0.478 e. The van der Waals surface area contributed by atoms with Crippen LogP contribution in [0.4, 0.5) is 0 Å². The van der Waals surface area contributed by atoms with Crippen molar-refractivity contribution in [3.05, 3.63) is 35.4 Å². The van der Waals surface area contributed by atoms with Crippen molar-refractivity contribution in [2.45, 2.75) is 36.9 Å². The molecule has 0 unspecified atom stereocenters. The fourth-order valence-electron chi connectivity index (χ4n) is 2.79. The summed E-state index contributed by atoms with van der Waals surface area (Å²) in [5.41, 5.74) is 0.543. The predicted octanol–water partition coefficient (Wildman–Crippen LogP) is 3.18. The molecule has 1 aromatic carbocycles. The maximum atomic E-state index is 12.2. The molecule has 1 aliphatic carbocycles. The number of rotatable bonds is 5. The SMILES string of the molecule is CSC1(CNC(=O)c2cccc(C(=O)O)c2)CCCCC1. The van der Waals surface area contributed by atoms with Crippen molar-refractivity contribution < 1.29 is 14.7 Å². The smallest absolute Gasteiger partial charge is 0.335 e. The molecule has 5 heteroatoms. The van der Waals surface area contributed by atoms with Crippen molar-refractivity contribution in [3.63, 3.8) is 0 Å². The molecule has 0 saturated heterocycles. The number of carbonyl (C=O) groups is 2. The second kappa shape index (κ2) is 6.98. The van der Waals surface area contributed by atoms with Crippen LogP contribution in [0.5, 0.6) is 0 Å². The Morgan fingerprint density at radius 2 is 1.90 bits per heavy atom. The molecule has 1 fully saturated rings. The lowest BCUT2D eigenvalue weighted by Crippen LogP contribution is -2.41. The van der Waals surface area contributed by atoms with Crippen molar-refractivity contribution in [1.29, 1.82) is 0 Å². The van der Waals surface area contributed by atoms with Crippen LogP contribution in [0.25, 0.3) is 0 Å². The van der Waals surface area contributed by atoms with Crippen LogP contribution in [0.15, 0.2) is 24.3 Å². The first kappa shape index (κ1) is 15.9. The Hall–Kier alpha value is -1.49. The van der Waals surface area contributed by atoms with Crippen LogP contribution in [0.1, 0.15) is 52.8 Å². The van der Waals surface area contributed by atoms with E-state index >= 15 is 0 Å². The molecular formula is C16H21NO3S. The van der Waals surface area contributed by atoms with Crippen LogP contribution >= 0.6 is 11.8 Å². The van der Waals surface area contributed by atoms with E-state index in [2.05, 4.69) is 11.6 Å². The van der Waals surface area contributed by atoms with Gasteiger partial charge in [0, 0.05) is 16.9 Å². The number of carbonyl (C=O) groups excluding carboxylic acids is 1. The highest BCUT2D eigenvalue weighted by atomic mass is 32.2. The van der Waals surface area contributed by atoms with Crippen LogP contribution in [0.2, 0.25) is 0 Å². The second-order valence-electron chi connectivity index (χ2n) is 5.52. The molecule has 0 radical (unpaired) electrons. The number of amides is 1. The molecule has 0 heterocycles. The van der Waals surface area contributed by atoms with Crippen molar-refractivity contribution in [2.24, 2.45) is 0 Å². The highest BCUT2D eigenvalue weighted by Gasteiger charge is 2.31. The van der Waals surface area contributed by atoms with Gasteiger partial charge in [0.2, 0.25) is 0 Å². The highest BCUT2D eigenvalue weighted by Crippen LogP contribution is 2.37. The molecule has 1 amide bonds. The molecule has 0 bridgehead atoms. The molecule has 0 atom stereocenters. The van der Waals surface area contributed by atoms with Crippen molar-refractivity contribution >= 4 is 23.6 Å². The minimum atomic E-state index is -1.02. The number of thioether (sulfide) groups is 1. The Bertz CT molecular complexity index is 524. The fraction of sp³-hybridized carbons (Fsp3) is 0.500. The highest BCUT2D eigenvalue weighted by molar-refractivity contribution is 8.00. The lowest BCUT2D eigenvalue weighted by atomic mass is 9.88. The molecule has 0 aromatic heterocycles. The zero-order valence-electron chi connectivity index (χ0n) is 12.2. The fourth-order valence-corrected chi connectivity index (χ4v) is 3.70. The number of carboxylic acids is 1. The number of benzene rings is 1. The van der Waals surface area contributed by atoms with Gasteiger partial charge in [0.25, 0.3) is 5.91 Å². The van der Waals surface area contributed by atoms with E-state index < -0.39 is 5.97 Å². The van der Waals surface area contributed by atoms with Gasteiger partial charge in [-0.25, -0.2) is 4.79 Å². The summed E-state index contributed by atoms with van der Waals surface area (Å²) in [6.45, 7) is 0.643. The van der Waals surface area contributed by atoms with Gasteiger partial charge < -0.3 is 10.4 Å². The molecule has 1 saturated carbocycles. The molecule has 2 rings (SSSR count). The molecule has 1 aliphatic rings. The van der Waals surface area contributed by atoms with E-state index in [1.54, 1.807) is 12.1 Å². The second-order valence-corrected chi connectivity index (χ2v) is 6.79. The quantitative estimate of drug-likeness (QED) is 0.877. The summed E-state index contributed by atoms with van der Waals surface area (Å²) in [5, 5.41) is 11.9. The van der Waals surface area contributed by atoms with Gasteiger partial charge in [0.1, 0.15) is 0 Å². The van der Waals surface area contributed by atoms with Gasteiger partial charge in [0.15, 0.2) is 0 Å². The summed E-state index contributed by atoms with van der Waals surface area (Å²) in [6.07, 6.45) is 8.06. The maximum absolute atomic E-state index is 12.2. The third-order valence-corrected chi connectivity index (χ3v) is 5.56.